The molecule has 0 N–H and O–H groups in total. The fourth-order valence-corrected chi connectivity index (χ4v) is 1.74. The largest absolute Gasteiger partial charge is 0.491 e. The van der Waals surface area contributed by atoms with Gasteiger partial charge in [-0.2, -0.15) is 10.5 Å². The first-order chi connectivity index (χ1) is 9.21. The number of benzene rings is 1. The van der Waals surface area contributed by atoms with Crippen molar-refractivity contribution in [2.24, 2.45) is 0 Å². The lowest BCUT2D eigenvalue weighted by Crippen LogP contribution is -2.07. The minimum Gasteiger partial charge on any atom is -0.491 e. The van der Waals surface area contributed by atoms with Crippen molar-refractivity contribution < 1.29 is 9.47 Å². The van der Waals surface area contributed by atoms with Gasteiger partial charge in [-0.3, -0.25) is 0 Å². The van der Waals surface area contributed by atoms with Gasteiger partial charge < -0.3 is 9.47 Å². The van der Waals surface area contributed by atoms with E-state index in [1.165, 1.54) is 6.08 Å². The Morgan fingerprint density at radius 2 is 2.05 bits per heavy atom. The first kappa shape index (κ1) is 15.2. The molecule has 0 saturated carbocycles. The molecule has 1 rings (SSSR count). The molecular weight excluding hydrogens is 308 g/mol. The van der Waals surface area contributed by atoms with Gasteiger partial charge in [0.15, 0.2) is 0 Å². The van der Waals surface area contributed by atoms with Crippen LogP contribution in [0.25, 0.3) is 6.08 Å². The van der Waals surface area contributed by atoms with Crippen molar-refractivity contribution in [2.75, 3.05) is 19.8 Å². The zero-order valence-electron chi connectivity index (χ0n) is 10.5. The van der Waals surface area contributed by atoms with Crippen molar-refractivity contribution in [2.45, 2.75) is 6.92 Å². The lowest BCUT2D eigenvalue weighted by molar-refractivity contribution is 0.110. The van der Waals surface area contributed by atoms with Gasteiger partial charge in [0.1, 0.15) is 30.1 Å². The molecule has 19 heavy (non-hydrogen) atoms. The molecule has 0 spiro atoms. The molecule has 0 radical (unpaired) electrons. The number of nitrogens with zero attached hydrogens (tertiary/aromatic N) is 2. The molecule has 0 heterocycles. The molecule has 1 aromatic rings. The predicted octanol–water partition coefficient (Wildman–Crippen LogP) is 3.29. The van der Waals surface area contributed by atoms with Gasteiger partial charge in [0.2, 0.25) is 0 Å². The smallest absolute Gasteiger partial charge is 0.130 e. The maximum absolute atomic E-state index is 8.78. The average molecular weight is 321 g/mol. The van der Waals surface area contributed by atoms with E-state index in [2.05, 4.69) is 15.9 Å². The first-order valence-electron chi connectivity index (χ1n) is 5.73. The van der Waals surface area contributed by atoms with Crippen LogP contribution in [0.4, 0.5) is 0 Å². The minimum atomic E-state index is 0.0350. The molecule has 0 fully saturated rings. The second kappa shape index (κ2) is 8.31. The van der Waals surface area contributed by atoms with Crippen LogP contribution in [0.2, 0.25) is 0 Å². The third-order valence-electron chi connectivity index (χ3n) is 2.20. The van der Waals surface area contributed by atoms with E-state index in [1.807, 2.05) is 25.1 Å². The summed E-state index contributed by atoms with van der Waals surface area (Å²) in [5.41, 5.74) is 0.719. The Kier molecular flexibility index (Phi) is 6.67. The van der Waals surface area contributed by atoms with Crippen LogP contribution in [-0.4, -0.2) is 19.8 Å². The highest BCUT2D eigenvalue weighted by Gasteiger charge is 2.04. The summed E-state index contributed by atoms with van der Waals surface area (Å²) in [6.07, 6.45) is 1.50. The van der Waals surface area contributed by atoms with Gasteiger partial charge in [-0.1, -0.05) is 15.9 Å². The molecule has 0 aliphatic carbocycles. The summed E-state index contributed by atoms with van der Waals surface area (Å²) >= 11 is 3.35. The molecule has 0 aromatic heterocycles. The van der Waals surface area contributed by atoms with Gasteiger partial charge in [-0.05, 0) is 31.2 Å². The van der Waals surface area contributed by atoms with E-state index in [-0.39, 0.29) is 5.57 Å². The zero-order chi connectivity index (χ0) is 14.1. The van der Waals surface area contributed by atoms with E-state index in [1.54, 1.807) is 12.1 Å². The number of halogens is 1. The standard InChI is InChI=1S/C14H13BrN2O2/c1-2-18-5-6-19-14-4-3-13(15)8-12(14)7-11(9-16)10-17/h3-4,7-8H,2,5-6H2,1H3. The Balaban J connectivity index is 2.90. The van der Waals surface area contributed by atoms with Crippen molar-refractivity contribution >= 4 is 22.0 Å². The van der Waals surface area contributed by atoms with Crippen molar-refractivity contribution in [3.8, 4) is 17.9 Å². The van der Waals surface area contributed by atoms with Crippen LogP contribution in [-0.2, 0) is 4.74 Å². The summed E-state index contributed by atoms with van der Waals surface area (Å²) in [5, 5.41) is 17.6. The van der Waals surface area contributed by atoms with Crippen LogP contribution in [0.15, 0.2) is 28.2 Å². The number of rotatable bonds is 6. The summed E-state index contributed by atoms with van der Waals surface area (Å²) in [6.45, 7) is 3.48. The van der Waals surface area contributed by atoms with Gasteiger partial charge in [-0.25, -0.2) is 0 Å². The highest BCUT2D eigenvalue weighted by Crippen LogP contribution is 2.25. The third kappa shape index (κ3) is 5.13. The van der Waals surface area contributed by atoms with Crippen molar-refractivity contribution in [3.63, 3.8) is 0 Å². The predicted molar refractivity (Wildman–Crippen MR) is 75.3 cm³/mol. The quantitative estimate of drug-likeness (QED) is 0.596. The van der Waals surface area contributed by atoms with E-state index < -0.39 is 0 Å². The van der Waals surface area contributed by atoms with E-state index in [9.17, 15) is 0 Å². The van der Waals surface area contributed by atoms with Crippen LogP contribution < -0.4 is 4.74 Å². The summed E-state index contributed by atoms with van der Waals surface area (Å²) in [7, 11) is 0. The van der Waals surface area contributed by atoms with E-state index >= 15 is 0 Å². The van der Waals surface area contributed by atoms with Crippen LogP contribution in [0.5, 0.6) is 5.75 Å². The van der Waals surface area contributed by atoms with E-state index in [0.29, 0.717) is 31.1 Å². The molecule has 0 atom stereocenters. The molecular formula is C14H13BrN2O2. The fraction of sp³-hybridized carbons (Fsp3) is 0.286. The second-order valence-corrected chi connectivity index (χ2v) is 4.42. The summed E-state index contributed by atoms with van der Waals surface area (Å²) in [5.74, 6) is 0.617. The molecule has 0 aliphatic rings. The number of ether oxygens (including phenoxy) is 2. The van der Waals surface area contributed by atoms with Gasteiger partial charge in [0.05, 0.1) is 6.61 Å². The number of nitriles is 2. The summed E-state index contributed by atoms with van der Waals surface area (Å²) in [4.78, 5) is 0. The molecule has 4 nitrogen and oxygen atoms in total. The van der Waals surface area contributed by atoms with Crippen LogP contribution in [0.1, 0.15) is 12.5 Å². The van der Waals surface area contributed by atoms with Gasteiger partial charge >= 0.3 is 0 Å². The molecule has 0 amide bonds. The third-order valence-corrected chi connectivity index (χ3v) is 2.70. The molecule has 1 aromatic carbocycles. The van der Waals surface area contributed by atoms with Crippen molar-refractivity contribution in [1.29, 1.82) is 10.5 Å². The number of hydrogen-bond acceptors (Lipinski definition) is 4. The van der Waals surface area contributed by atoms with Gasteiger partial charge in [0.25, 0.3) is 0 Å². The zero-order valence-corrected chi connectivity index (χ0v) is 12.1. The van der Waals surface area contributed by atoms with Crippen molar-refractivity contribution in [1.82, 2.24) is 0 Å². The van der Waals surface area contributed by atoms with E-state index in [4.69, 9.17) is 20.0 Å². The molecule has 0 aliphatic heterocycles. The van der Waals surface area contributed by atoms with Crippen LogP contribution in [0, 0.1) is 22.7 Å². The Morgan fingerprint density at radius 1 is 1.32 bits per heavy atom. The highest BCUT2D eigenvalue weighted by molar-refractivity contribution is 9.10. The Labute approximate surface area is 121 Å². The highest BCUT2D eigenvalue weighted by atomic mass is 79.9. The fourth-order valence-electron chi connectivity index (χ4n) is 1.36. The monoisotopic (exact) mass is 320 g/mol. The molecule has 0 bridgehead atoms. The lowest BCUT2D eigenvalue weighted by atomic mass is 10.1. The normalized spacial score (nSPS) is 9.26. The molecule has 0 saturated heterocycles. The molecule has 0 unspecified atom stereocenters. The van der Waals surface area contributed by atoms with E-state index in [0.717, 1.165) is 4.47 Å². The Hall–Kier alpha value is -1.82. The maximum Gasteiger partial charge on any atom is 0.130 e. The van der Waals surface area contributed by atoms with Crippen LogP contribution in [0.3, 0.4) is 0 Å². The molecule has 98 valence electrons. The Morgan fingerprint density at radius 3 is 2.68 bits per heavy atom. The molecule has 5 heteroatoms. The minimum absolute atomic E-state index is 0.0350. The van der Waals surface area contributed by atoms with Crippen molar-refractivity contribution in [3.05, 3.63) is 33.8 Å². The van der Waals surface area contributed by atoms with Crippen LogP contribution >= 0.6 is 15.9 Å². The van der Waals surface area contributed by atoms with Gasteiger partial charge in [-0.15, -0.1) is 0 Å². The first-order valence-corrected chi connectivity index (χ1v) is 6.52. The maximum atomic E-state index is 8.78. The van der Waals surface area contributed by atoms with Gasteiger partial charge in [0, 0.05) is 16.6 Å². The lowest BCUT2D eigenvalue weighted by Gasteiger charge is -2.09. The summed E-state index contributed by atoms with van der Waals surface area (Å²) in [6, 6.07) is 9.08. The SMILES string of the molecule is CCOCCOc1ccc(Br)cc1C=C(C#N)C#N. The second-order valence-electron chi connectivity index (χ2n) is 3.51. The number of hydrogen-bond donors (Lipinski definition) is 0. The Bertz CT molecular complexity index is 525. The average Bonchev–Trinajstić information content (AvgIpc) is 2.42. The number of allylic oxidation sites excluding steroid dienone is 1. The summed E-state index contributed by atoms with van der Waals surface area (Å²) < 4.78 is 11.6. The topological polar surface area (TPSA) is 66.0 Å².